The second-order valence-corrected chi connectivity index (χ2v) is 8.87. The smallest absolute Gasteiger partial charge is 0.0880 e. The zero-order chi connectivity index (χ0) is 20.7. The van der Waals surface area contributed by atoms with Gasteiger partial charge in [-0.2, -0.15) is 5.10 Å². The van der Waals surface area contributed by atoms with E-state index in [1.54, 1.807) is 0 Å². The Hall–Kier alpha value is -1.91. The van der Waals surface area contributed by atoms with Crippen LogP contribution in [0, 0.1) is 10.8 Å². The van der Waals surface area contributed by atoms with Crippen LogP contribution in [0.25, 0.3) is 6.08 Å². The fraction of sp³-hybridized carbons (Fsp3) is 0.560. The van der Waals surface area contributed by atoms with Crippen molar-refractivity contribution in [3.63, 3.8) is 0 Å². The SMILES string of the molecule is CC.CC(C)(COCc1ccccc1)Cc1[nH]nc2c1CC1(C=C2)CCOCC1. The molecule has 0 bridgehead atoms. The summed E-state index contributed by atoms with van der Waals surface area (Å²) < 4.78 is 11.6. The highest BCUT2D eigenvalue weighted by atomic mass is 16.5. The molecule has 1 spiro atoms. The van der Waals surface area contributed by atoms with Crippen molar-refractivity contribution in [1.82, 2.24) is 10.2 Å². The van der Waals surface area contributed by atoms with Gasteiger partial charge in [-0.05, 0) is 48.2 Å². The van der Waals surface area contributed by atoms with E-state index in [4.69, 9.17) is 9.47 Å². The number of hydrogen-bond acceptors (Lipinski definition) is 3. The van der Waals surface area contributed by atoms with E-state index in [2.05, 4.69) is 60.5 Å². The van der Waals surface area contributed by atoms with Gasteiger partial charge in [0.25, 0.3) is 0 Å². The quantitative estimate of drug-likeness (QED) is 0.692. The number of allylic oxidation sites excluding steroid dienone is 1. The zero-order valence-corrected chi connectivity index (χ0v) is 18.5. The molecule has 1 saturated heterocycles. The lowest BCUT2D eigenvalue weighted by Gasteiger charge is -2.37. The highest BCUT2D eigenvalue weighted by Gasteiger charge is 2.35. The Balaban J connectivity index is 0.00000117. The average molecular weight is 397 g/mol. The maximum absolute atomic E-state index is 6.02. The van der Waals surface area contributed by atoms with Crippen LogP contribution in [-0.2, 0) is 28.9 Å². The Kier molecular flexibility index (Phi) is 7.31. The standard InChI is InChI=1S/C23H30N2O2.C2H6/c1-22(2,17-27-16-18-6-4-3-5-7-18)15-21-19-14-23(10-12-26-13-11-23)9-8-20(19)24-25-21;1-2/h3-9H,10-17H2,1-2H3,(H,24,25);1-2H3. The Morgan fingerprint density at radius 1 is 1.14 bits per heavy atom. The molecule has 1 aromatic carbocycles. The van der Waals surface area contributed by atoms with Crippen LogP contribution < -0.4 is 0 Å². The summed E-state index contributed by atoms with van der Waals surface area (Å²) in [6.07, 6.45) is 8.83. The summed E-state index contributed by atoms with van der Waals surface area (Å²) in [5, 5.41) is 7.88. The molecular weight excluding hydrogens is 360 g/mol. The molecule has 0 atom stereocenters. The van der Waals surface area contributed by atoms with Crippen molar-refractivity contribution < 1.29 is 9.47 Å². The monoisotopic (exact) mass is 396 g/mol. The molecular formula is C25H36N2O2. The Labute approximate surface area is 175 Å². The number of nitrogens with zero attached hydrogens (tertiary/aromatic N) is 1. The van der Waals surface area contributed by atoms with Crippen LogP contribution in [0.15, 0.2) is 36.4 Å². The van der Waals surface area contributed by atoms with Gasteiger partial charge >= 0.3 is 0 Å². The van der Waals surface area contributed by atoms with Crippen molar-refractivity contribution in [3.05, 3.63) is 58.9 Å². The third-order valence-corrected chi connectivity index (χ3v) is 5.86. The van der Waals surface area contributed by atoms with Crippen molar-refractivity contribution in [2.45, 2.75) is 60.0 Å². The van der Waals surface area contributed by atoms with Gasteiger partial charge < -0.3 is 9.47 Å². The van der Waals surface area contributed by atoms with E-state index >= 15 is 0 Å². The molecule has 4 nitrogen and oxygen atoms in total. The van der Waals surface area contributed by atoms with E-state index in [-0.39, 0.29) is 10.8 Å². The molecule has 1 aromatic heterocycles. The van der Waals surface area contributed by atoms with Crippen LogP contribution >= 0.6 is 0 Å². The van der Waals surface area contributed by atoms with Gasteiger partial charge in [0.1, 0.15) is 0 Å². The number of rotatable bonds is 6. The predicted molar refractivity (Wildman–Crippen MR) is 119 cm³/mol. The minimum atomic E-state index is 0.0546. The summed E-state index contributed by atoms with van der Waals surface area (Å²) in [6, 6.07) is 10.4. The van der Waals surface area contributed by atoms with Crippen LogP contribution in [0.2, 0.25) is 0 Å². The predicted octanol–water partition coefficient (Wildman–Crippen LogP) is 5.59. The molecule has 4 rings (SSSR count). The molecule has 1 fully saturated rings. The molecule has 29 heavy (non-hydrogen) atoms. The Morgan fingerprint density at radius 2 is 1.86 bits per heavy atom. The molecule has 0 radical (unpaired) electrons. The number of ether oxygens (including phenoxy) is 2. The number of H-pyrrole nitrogens is 1. The van der Waals surface area contributed by atoms with Crippen molar-refractivity contribution in [2.24, 2.45) is 10.8 Å². The lowest BCUT2D eigenvalue weighted by molar-refractivity contribution is 0.0367. The second-order valence-electron chi connectivity index (χ2n) is 8.87. The van der Waals surface area contributed by atoms with Gasteiger partial charge in [0.2, 0.25) is 0 Å². The maximum atomic E-state index is 6.02. The van der Waals surface area contributed by atoms with Gasteiger partial charge in [0.05, 0.1) is 18.9 Å². The van der Waals surface area contributed by atoms with Crippen molar-refractivity contribution >= 4 is 6.08 Å². The molecule has 1 aliphatic heterocycles. The average Bonchev–Trinajstić information content (AvgIpc) is 3.12. The third kappa shape index (κ3) is 5.58. The lowest BCUT2D eigenvalue weighted by Crippen LogP contribution is -2.32. The summed E-state index contributed by atoms with van der Waals surface area (Å²) in [7, 11) is 0. The molecule has 0 saturated carbocycles. The summed E-state index contributed by atoms with van der Waals surface area (Å²) in [4.78, 5) is 0. The summed E-state index contributed by atoms with van der Waals surface area (Å²) >= 11 is 0. The number of aromatic amines is 1. The van der Waals surface area contributed by atoms with E-state index in [9.17, 15) is 0 Å². The molecule has 0 unspecified atom stereocenters. The summed E-state index contributed by atoms with van der Waals surface area (Å²) in [6.45, 7) is 11.7. The fourth-order valence-electron chi connectivity index (χ4n) is 4.24. The van der Waals surface area contributed by atoms with Crippen LogP contribution in [0.1, 0.15) is 63.1 Å². The van der Waals surface area contributed by atoms with E-state index in [1.807, 2.05) is 19.9 Å². The highest BCUT2D eigenvalue weighted by Crippen LogP contribution is 2.41. The van der Waals surface area contributed by atoms with Crippen molar-refractivity contribution in [2.75, 3.05) is 19.8 Å². The minimum Gasteiger partial charge on any atom is -0.381 e. The van der Waals surface area contributed by atoms with Gasteiger partial charge in [0, 0.05) is 24.5 Å². The van der Waals surface area contributed by atoms with E-state index < -0.39 is 0 Å². The molecule has 4 heteroatoms. The number of nitrogens with one attached hydrogen (secondary N) is 1. The van der Waals surface area contributed by atoms with Gasteiger partial charge in [0.15, 0.2) is 0 Å². The number of aromatic nitrogens is 2. The van der Waals surface area contributed by atoms with Crippen LogP contribution in [0.5, 0.6) is 0 Å². The first-order chi connectivity index (χ1) is 14.1. The first-order valence-electron chi connectivity index (χ1n) is 11.0. The van der Waals surface area contributed by atoms with E-state index in [0.717, 1.165) is 51.2 Å². The first kappa shape index (κ1) is 21.8. The second kappa shape index (κ2) is 9.73. The van der Waals surface area contributed by atoms with Gasteiger partial charge in [-0.25, -0.2) is 0 Å². The molecule has 1 N–H and O–H groups in total. The molecule has 2 heterocycles. The summed E-state index contributed by atoms with van der Waals surface area (Å²) in [5.74, 6) is 0. The fourth-order valence-corrected chi connectivity index (χ4v) is 4.24. The van der Waals surface area contributed by atoms with E-state index in [0.29, 0.717) is 6.61 Å². The van der Waals surface area contributed by atoms with Crippen molar-refractivity contribution in [3.8, 4) is 0 Å². The normalized spacial score (nSPS) is 17.5. The van der Waals surface area contributed by atoms with Crippen LogP contribution in [0.3, 0.4) is 0 Å². The maximum Gasteiger partial charge on any atom is 0.0880 e. The Morgan fingerprint density at radius 3 is 2.59 bits per heavy atom. The number of benzene rings is 1. The molecule has 0 amide bonds. The molecule has 158 valence electrons. The first-order valence-corrected chi connectivity index (χ1v) is 11.0. The van der Waals surface area contributed by atoms with Gasteiger partial charge in [-0.15, -0.1) is 0 Å². The van der Waals surface area contributed by atoms with Gasteiger partial charge in [-0.3, -0.25) is 5.10 Å². The number of hydrogen-bond donors (Lipinski definition) is 1. The summed E-state index contributed by atoms with van der Waals surface area (Å²) in [5.41, 5.74) is 5.32. The minimum absolute atomic E-state index is 0.0546. The van der Waals surface area contributed by atoms with E-state index in [1.165, 1.54) is 16.8 Å². The zero-order valence-electron chi connectivity index (χ0n) is 18.5. The Bertz CT molecular complexity index is 786. The lowest BCUT2D eigenvalue weighted by atomic mass is 9.71. The molecule has 2 aliphatic rings. The van der Waals surface area contributed by atoms with Crippen molar-refractivity contribution in [1.29, 1.82) is 0 Å². The number of fused-ring (bicyclic) bond motifs is 1. The van der Waals surface area contributed by atoms with Crippen LogP contribution in [0.4, 0.5) is 0 Å². The molecule has 1 aliphatic carbocycles. The highest BCUT2D eigenvalue weighted by molar-refractivity contribution is 5.55. The third-order valence-electron chi connectivity index (χ3n) is 5.86. The molecule has 2 aromatic rings. The van der Waals surface area contributed by atoms with Gasteiger partial charge in [-0.1, -0.05) is 64.1 Å². The topological polar surface area (TPSA) is 47.1 Å². The van der Waals surface area contributed by atoms with Crippen LogP contribution in [-0.4, -0.2) is 30.0 Å². The largest absolute Gasteiger partial charge is 0.381 e.